The van der Waals surface area contributed by atoms with Gasteiger partial charge in [0.2, 0.25) is 0 Å². The minimum atomic E-state index is -0.229. The minimum Gasteiger partial charge on any atom is -0.390 e. The molecular weight excluding hydrogens is 302 g/mol. The van der Waals surface area contributed by atoms with Crippen molar-refractivity contribution in [2.75, 3.05) is 72.1 Å². The summed E-state index contributed by atoms with van der Waals surface area (Å²) in [7, 11) is 0. The summed E-state index contributed by atoms with van der Waals surface area (Å²) < 4.78 is 5.38. The number of morpholine rings is 1. The van der Waals surface area contributed by atoms with E-state index in [1.807, 2.05) is 0 Å². The van der Waals surface area contributed by atoms with Crippen LogP contribution in [0.2, 0.25) is 0 Å². The molecule has 1 saturated carbocycles. The maximum absolute atomic E-state index is 10.4. The van der Waals surface area contributed by atoms with Gasteiger partial charge in [0.05, 0.1) is 19.3 Å². The highest BCUT2D eigenvalue weighted by molar-refractivity contribution is 4.77. The van der Waals surface area contributed by atoms with Gasteiger partial charge >= 0.3 is 0 Å². The topological polar surface area (TPSA) is 39.2 Å². The molecule has 3 rings (SSSR count). The summed E-state index contributed by atoms with van der Waals surface area (Å²) in [6.45, 7) is 11.2. The quantitative estimate of drug-likeness (QED) is 0.789. The van der Waals surface area contributed by atoms with E-state index in [0.29, 0.717) is 0 Å². The Morgan fingerprint density at radius 1 is 0.750 bits per heavy atom. The Morgan fingerprint density at radius 2 is 1.38 bits per heavy atom. The van der Waals surface area contributed by atoms with Crippen LogP contribution in [-0.2, 0) is 4.74 Å². The van der Waals surface area contributed by atoms with Crippen LogP contribution in [0.25, 0.3) is 0 Å². The lowest BCUT2D eigenvalue weighted by Gasteiger charge is -2.31. The van der Waals surface area contributed by atoms with Crippen LogP contribution in [0, 0.1) is 5.92 Å². The SMILES string of the molecule is OC(CN1CCOCC1)CN1CCCN(CC2CCCCC2)CC1. The molecule has 3 aliphatic rings. The zero-order valence-corrected chi connectivity index (χ0v) is 15.4. The van der Waals surface area contributed by atoms with Gasteiger partial charge in [-0.15, -0.1) is 0 Å². The largest absolute Gasteiger partial charge is 0.390 e. The molecule has 1 atom stereocenters. The number of ether oxygens (including phenoxy) is 1. The van der Waals surface area contributed by atoms with Gasteiger partial charge in [-0.3, -0.25) is 9.80 Å². The first-order chi connectivity index (χ1) is 11.8. The molecule has 0 aromatic carbocycles. The van der Waals surface area contributed by atoms with Crippen molar-refractivity contribution in [2.45, 2.75) is 44.6 Å². The second-order valence-electron chi connectivity index (χ2n) is 8.03. The molecule has 2 aliphatic heterocycles. The number of β-amino-alcohol motifs (C(OH)–C–C–N with tert-alkyl or cyclic N) is 1. The molecule has 1 unspecified atom stereocenters. The highest BCUT2D eigenvalue weighted by Gasteiger charge is 2.22. The van der Waals surface area contributed by atoms with Crippen molar-refractivity contribution in [3.05, 3.63) is 0 Å². The summed E-state index contributed by atoms with van der Waals surface area (Å²) >= 11 is 0. The molecule has 140 valence electrons. The van der Waals surface area contributed by atoms with E-state index in [-0.39, 0.29) is 6.10 Å². The number of nitrogens with zero attached hydrogens (tertiary/aromatic N) is 3. The first kappa shape index (κ1) is 18.6. The average molecular weight is 340 g/mol. The van der Waals surface area contributed by atoms with Gasteiger partial charge in [-0.05, 0) is 38.3 Å². The molecule has 3 fully saturated rings. The van der Waals surface area contributed by atoms with Crippen LogP contribution < -0.4 is 0 Å². The summed E-state index contributed by atoms with van der Waals surface area (Å²) in [5.41, 5.74) is 0. The third-order valence-electron chi connectivity index (χ3n) is 5.96. The molecule has 0 radical (unpaired) electrons. The molecule has 0 bridgehead atoms. The highest BCUT2D eigenvalue weighted by atomic mass is 16.5. The van der Waals surface area contributed by atoms with Crippen LogP contribution in [0.4, 0.5) is 0 Å². The zero-order chi connectivity index (χ0) is 16.6. The lowest BCUT2D eigenvalue weighted by Crippen LogP contribution is -2.45. The van der Waals surface area contributed by atoms with E-state index in [4.69, 9.17) is 4.74 Å². The third-order valence-corrected chi connectivity index (χ3v) is 5.96. The molecule has 1 N–H and O–H groups in total. The van der Waals surface area contributed by atoms with E-state index in [1.54, 1.807) is 0 Å². The van der Waals surface area contributed by atoms with E-state index in [9.17, 15) is 5.11 Å². The van der Waals surface area contributed by atoms with Crippen molar-refractivity contribution < 1.29 is 9.84 Å². The molecule has 0 spiro atoms. The molecular formula is C19H37N3O2. The first-order valence-electron chi connectivity index (χ1n) is 10.2. The molecule has 1 aliphatic carbocycles. The van der Waals surface area contributed by atoms with Gasteiger partial charge in [0.25, 0.3) is 0 Å². The summed E-state index contributed by atoms with van der Waals surface area (Å²) in [5, 5.41) is 10.4. The van der Waals surface area contributed by atoms with E-state index >= 15 is 0 Å². The van der Waals surface area contributed by atoms with Gasteiger partial charge in [0, 0.05) is 45.8 Å². The van der Waals surface area contributed by atoms with E-state index in [2.05, 4.69) is 14.7 Å². The Bertz CT molecular complexity index is 344. The van der Waals surface area contributed by atoms with Crippen LogP contribution >= 0.6 is 0 Å². The van der Waals surface area contributed by atoms with E-state index < -0.39 is 0 Å². The van der Waals surface area contributed by atoms with Crippen LogP contribution in [-0.4, -0.2) is 98.0 Å². The molecule has 5 nitrogen and oxygen atoms in total. The number of rotatable bonds is 6. The highest BCUT2D eigenvalue weighted by Crippen LogP contribution is 2.24. The van der Waals surface area contributed by atoms with Gasteiger partial charge in [-0.2, -0.15) is 0 Å². The minimum absolute atomic E-state index is 0.229. The monoisotopic (exact) mass is 339 g/mol. The van der Waals surface area contributed by atoms with E-state index in [1.165, 1.54) is 58.2 Å². The van der Waals surface area contributed by atoms with Crippen LogP contribution in [0.1, 0.15) is 38.5 Å². The third kappa shape index (κ3) is 6.26. The molecule has 0 aromatic rings. The summed E-state index contributed by atoms with van der Waals surface area (Å²) in [6.07, 6.45) is 8.24. The van der Waals surface area contributed by atoms with Crippen molar-refractivity contribution in [2.24, 2.45) is 5.92 Å². The maximum Gasteiger partial charge on any atom is 0.0793 e. The van der Waals surface area contributed by atoms with Gasteiger partial charge in [-0.25, -0.2) is 0 Å². The number of hydrogen-bond donors (Lipinski definition) is 1. The average Bonchev–Trinajstić information content (AvgIpc) is 2.82. The standard InChI is InChI=1S/C19H37N3O2/c23-19(17-22-11-13-24-14-12-22)16-21-8-4-7-20(9-10-21)15-18-5-2-1-3-6-18/h18-19,23H,1-17H2. The summed E-state index contributed by atoms with van der Waals surface area (Å²) in [6, 6.07) is 0. The van der Waals surface area contributed by atoms with Crippen LogP contribution in [0.3, 0.4) is 0 Å². The molecule has 24 heavy (non-hydrogen) atoms. The summed E-state index contributed by atoms with van der Waals surface area (Å²) in [4.78, 5) is 7.50. The second-order valence-corrected chi connectivity index (χ2v) is 8.03. The van der Waals surface area contributed by atoms with Crippen LogP contribution in [0.5, 0.6) is 0 Å². The molecule has 2 heterocycles. The Labute approximate surface area is 147 Å². The second kappa shape index (κ2) is 10.1. The Hall–Kier alpha value is -0.200. The Balaban J connectivity index is 1.35. The van der Waals surface area contributed by atoms with Crippen molar-refractivity contribution in [3.63, 3.8) is 0 Å². The van der Waals surface area contributed by atoms with Gasteiger partial charge in [-0.1, -0.05) is 19.3 Å². The fourth-order valence-electron chi connectivity index (χ4n) is 4.56. The van der Waals surface area contributed by atoms with E-state index in [0.717, 1.165) is 58.4 Å². The lowest BCUT2D eigenvalue weighted by molar-refractivity contribution is 0.00718. The van der Waals surface area contributed by atoms with Gasteiger partial charge < -0.3 is 14.7 Å². The fraction of sp³-hybridized carbons (Fsp3) is 1.00. The van der Waals surface area contributed by atoms with Crippen molar-refractivity contribution in [1.29, 1.82) is 0 Å². The van der Waals surface area contributed by atoms with Crippen molar-refractivity contribution in [1.82, 2.24) is 14.7 Å². The zero-order valence-electron chi connectivity index (χ0n) is 15.4. The lowest BCUT2D eigenvalue weighted by atomic mass is 9.89. The Kier molecular flexibility index (Phi) is 7.80. The predicted molar refractivity (Wildman–Crippen MR) is 97.3 cm³/mol. The van der Waals surface area contributed by atoms with Gasteiger partial charge in [0.1, 0.15) is 0 Å². The normalized spacial score (nSPS) is 27.9. The van der Waals surface area contributed by atoms with Crippen molar-refractivity contribution in [3.8, 4) is 0 Å². The number of hydrogen-bond acceptors (Lipinski definition) is 5. The maximum atomic E-state index is 10.4. The smallest absolute Gasteiger partial charge is 0.0793 e. The molecule has 0 aromatic heterocycles. The Morgan fingerprint density at radius 3 is 2.12 bits per heavy atom. The van der Waals surface area contributed by atoms with Crippen LogP contribution in [0.15, 0.2) is 0 Å². The number of aliphatic hydroxyl groups is 1. The first-order valence-corrected chi connectivity index (χ1v) is 10.2. The summed E-state index contributed by atoms with van der Waals surface area (Å²) in [5.74, 6) is 0.942. The molecule has 0 amide bonds. The van der Waals surface area contributed by atoms with Gasteiger partial charge in [0.15, 0.2) is 0 Å². The van der Waals surface area contributed by atoms with Crippen molar-refractivity contribution >= 4 is 0 Å². The predicted octanol–water partition coefficient (Wildman–Crippen LogP) is 1.27. The fourth-order valence-corrected chi connectivity index (χ4v) is 4.56. The molecule has 2 saturated heterocycles. The number of aliphatic hydroxyl groups excluding tert-OH is 1. The molecule has 5 heteroatoms.